The van der Waals surface area contributed by atoms with Gasteiger partial charge in [0, 0.05) is 12.0 Å². The van der Waals surface area contributed by atoms with Gasteiger partial charge in [-0.15, -0.1) is 0 Å². The summed E-state index contributed by atoms with van der Waals surface area (Å²) in [5.74, 6) is 0.675. The molecule has 1 aliphatic heterocycles. The Hall–Kier alpha value is -1.32. The first kappa shape index (κ1) is 12.7. The Morgan fingerprint density at radius 3 is 3.00 bits per heavy atom. The van der Waals surface area contributed by atoms with E-state index in [-0.39, 0.29) is 0 Å². The molecule has 1 aliphatic rings. The average Bonchev–Trinajstić information content (AvgIpc) is 3.07. The van der Waals surface area contributed by atoms with Crippen LogP contribution in [0.4, 0.5) is 0 Å². The Morgan fingerprint density at radius 1 is 1.32 bits per heavy atom. The lowest BCUT2D eigenvalue weighted by molar-refractivity contribution is 0.0912. The van der Waals surface area contributed by atoms with Crippen LogP contribution >= 0.6 is 0 Å². The van der Waals surface area contributed by atoms with Crippen LogP contribution < -0.4 is 0 Å². The number of aliphatic hydroxyl groups excluding tert-OH is 1. The van der Waals surface area contributed by atoms with Crippen LogP contribution in [-0.2, 0) is 4.74 Å². The van der Waals surface area contributed by atoms with Crippen LogP contribution in [0.15, 0.2) is 34.7 Å². The smallest absolute Gasteiger partial charge is 0.134 e. The molecule has 1 fully saturated rings. The van der Waals surface area contributed by atoms with E-state index < -0.39 is 6.10 Å². The molecule has 0 saturated carbocycles. The Morgan fingerprint density at radius 2 is 2.21 bits per heavy atom. The summed E-state index contributed by atoms with van der Waals surface area (Å²) in [5, 5.41) is 11.2. The first-order valence-electron chi connectivity index (χ1n) is 7.11. The van der Waals surface area contributed by atoms with Crippen molar-refractivity contribution in [2.24, 2.45) is 0 Å². The van der Waals surface area contributed by atoms with Crippen LogP contribution in [0.5, 0.6) is 0 Å². The normalized spacial score (nSPS) is 21.0. The molecular weight excluding hydrogens is 240 g/mol. The zero-order valence-electron chi connectivity index (χ0n) is 11.0. The summed E-state index contributed by atoms with van der Waals surface area (Å²) in [4.78, 5) is 0. The number of benzene rings is 1. The summed E-state index contributed by atoms with van der Waals surface area (Å²) < 4.78 is 11.3. The van der Waals surface area contributed by atoms with Gasteiger partial charge in [-0.05, 0) is 44.2 Å². The van der Waals surface area contributed by atoms with Gasteiger partial charge in [-0.3, -0.25) is 0 Å². The molecule has 1 aromatic heterocycles. The second kappa shape index (κ2) is 5.76. The molecule has 0 spiro atoms. The predicted octanol–water partition coefficient (Wildman–Crippen LogP) is 3.82. The maximum atomic E-state index is 10.2. The molecule has 0 radical (unpaired) electrons. The molecule has 102 valence electrons. The lowest BCUT2D eigenvalue weighted by Crippen LogP contribution is -2.05. The van der Waals surface area contributed by atoms with Crippen LogP contribution in [0.2, 0.25) is 0 Å². The molecule has 2 heterocycles. The van der Waals surface area contributed by atoms with Crippen molar-refractivity contribution in [3.63, 3.8) is 0 Å². The molecule has 1 N–H and O–H groups in total. The third-order valence-corrected chi connectivity index (χ3v) is 3.80. The third-order valence-electron chi connectivity index (χ3n) is 3.80. The number of hydrogen-bond acceptors (Lipinski definition) is 3. The summed E-state index contributed by atoms with van der Waals surface area (Å²) in [5.41, 5.74) is 0.843. The first-order chi connectivity index (χ1) is 9.33. The molecule has 1 saturated heterocycles. The first-order valence-corrected chi connectivity index (χ1v) is 7.11. The number of hydrogen-bond donors (Lipinski definition) is 1. The molecule has 0 bridgehead atoms. The van der Waals surface area contributed by atoms with E-state index in [0.717, 1.165) is 36.8 Å². The summed E-state index contributed by atoms with van der Waals surface area (Å²) in [6.07, 6.45) is 4.99. The highest BCUT2D eigenvalue weighted by molar-refractivity contribution is 5.77. The number of fused-ring (bicyclic) bond motifs is 1. The van der Waals surface area contributed by atoms with E-state index in [4.69, 9.17) is 9.15 Å². The van der Waals surface area contributed by atoms with Crippen molar-refractivity contribution in [3.8, 4) is 0 Å². The largest absolute Gasteiger partial charge is 0.458 e. The quantitative estimate of drug-likeness (QED) is 0.888. The lowest BCUT2D eigenvalue weighted by Gasteiger charge is -2.11. The van der Waals surface area contributed by atoms with Gasteiger partial charge in [0.1, 0.15) is 17.4 Å². The van der Waals surface area contributed by atoms with E-state index in [0.29, 0.717) is 11.9 Å². The summed E-state index contributed by atoms with van der Waals surface area (Å²) >= 11 is 0. The van der Waals surface area contributed by atoms with Gasteiger partial charge in [-0.2, -0.15) is 0 Å². The third kappa shape index (κ3) is 2.99. The highest BCUT2D eigenvalue weighted by Gasteiger charge is 2.17. The maximum absolute atomic E-state index is 10.2. The van der Waals surface area contributed by atoms with Crippen LogP contribution in [0.3, 0.4) is 0 Å². The Bertz CT molecular complexity index is 493. The number of rotatable bonds is 5. The number of para-hydroxylation sites is 1. The van der Waals surface area contributed by atoms with Gasteiger partial charge in [0.25, 0.3) is 0 Å². The van der Waals surface area contributed by atoms with Gasteiger partial charge in [0.2, 0.25) is 0 Å². The van der Waals surface area contributed by atoms with Crippen LogP contribution in [0, 0.1) is 0 Å². The second-order valence-corrected chi connectivity index (χ2v) is 5.27. The van der Waals surface area contributed by atoms with E-state index in [2.05, 4.69) is 0 Å². The fraction of sp³-hybridized carbons (Fsp3) is 0.500. The van der Waals surface area contributed by atoms with E-state index in [9.17, 15) is 5.11 Å². The Labute approximate surface area is 113 Å². The fourth-order valence-corrected chi connectivity index (χ4v) is 2.72. The van der Waals surface area contributed by atoms with Gasteiger partial charge in [-0.25, -0.2) is 0 Å². The lowest BCUT2D eigenvalue weighted by atomic mass is 10.1. The topological polar surface area (TPSA) is 42.6 Å². The van der Waals surface area contributed by atoms with E-state index in [1.165, 1.54) is 12.8 Å². The minimum absolute atomic E-state index is 0.405. The van der Waals surface area contributed by atoms with Gasteiger partial charge in [0.05, 0.1) is 6.10 Å². The zero-order valence-corrected chi connectivity index (χ0v) is 11.0. The maximum Gasteiger partial charge on any atom is 0.134 e. The van der Waals surface area contributed by atoms with E-state index in [1.54, 1.807) is 0 Å². The Balaban J connectivity index is 1.55. The summed E-state index contributed by atoms with van der Waals surface area (Å²) in [7, 11) is 0. The van der Waals surface area contributed by atoms with Crippen molar-refractivity contribution >= 4 is 11.0 Å². The molecule has 0 aliphatic carbocycles. The number of ether oxygens (including phenoxy) is 1. The molecule has 1 aromatic carbocycles. The molecule has 2 atom stereocenters. The van der Waals surface area contributed by atoms with Crippen LogP contribution in [0.25, 0.3) is 11.0 Å². The van der Waals surface area contributed by atoms with Crippen molar-refractivity contribution in [2.75, 3.05) is 6.61 Å². The molecule has 19 heavy (non-hydrogen) atoms. The highest BCUT2D eigenvalue weighted by Crippen LogP contribution is 2.27. The van der Waals surface area contributed by atoms with Crippen molar-refractivity contribution in [3.05, 3.63) is 36.1 Å². The molecule has 3 rings (SSSR count). The minimum Gasteiger partial charge on any atom is -0.458 e. The average molecular weight is 260 g/mol. The molecule has 3 heteroatoms. The molecule has 2 unspecified atom stereocenters. The molecular formula is C16H20O3. The van der Waals surface area contributed by atoms with E-state index >= 15 is 0 Å². The second-order valence-electron chi connectivity index (χ2n) is 5.27. The minimum atomic E-state index is -0.506. The van der Waals surface area contributed by atoms with Crippen molar-refractivity contribution in [2.45, 2.75) is 44.3 Å². The summed E-state index contributed by atoms with van der Waals surface area (Å²) in [6.45, 7) is 0.900. The van der Waals surface area contributed by atoms with Gasteiger partial charge in [0.15, 0.2) is 0 Å². The predicted molar refractivity (Wildman–Crippen MR) is 74.0 cm³/mol. The van der Waals surface area contributed by atoms with Crippen molar-refractivity contribution < 1.29 is 14.3 Å². The monoisotopic (exact) mass is 260 g/mol. The highest BCUT2D eigenvalue weighted by atomic mass is 16.5. The van der Waals surface area contributed by atoms with Crippen molar-refractivity contribution in [1.82, 2.24) is 0 Å². The Kier molecular flexibility index (Phi) is 3.85. The number of furan rings is 1. The summed E-state index contributed by atoms with van der Waals surface area (Å²) in [6, 6.07) is 9.79. The van der Waals surface area contributed by atoms with Crippen LogP contribution in [0.1, 0.15) is 44.0 Å². The van der Waals surface area contributed by atoms with Gasteiger partial charge < -0.3 is 14.3 Å². The SMILES string of the molecule is OC(CCCC1CCCO1)c1cc2ccccc2o1. The number of aliphatic hydroxyl groups is 1. The van der Waals surface area contributed by atoms with Gasteiger partial charge >= 0.3 is 0 Å². The zero-order chi connectivity index (χ0) is 13.1. The standard InChI is InChI=1S/C16H20O3/c17-14(8-3-6-13-7-4-10-18-13)16-11-12-5-1-2-9-15(12)19-16/h1-2,5,9,11,13-14,17H,3-4,6-8,10H2. The van der Waals surface area contributed by atoms with Gasteiger partial charge in [-0.1, -0.05) is 18.2 Å². The fourth-order valence-electron chi connectivity index (χ4n) is 2.72. The van der Waals surface area contributed by atoms with Crippen LogP contribution in [-0.4, -0.2) is 17.8 Å². The van der Waals surface area contributed by atoms with E-state index in [1.807, 2.05) is 30.3 Å². The molecule has 3 nitrogen and oxygen atoms in total. The van der Waals surface area contributed by atoms with Crippen molar-refractivity contribution in [1.29, 1.82) is 0 Å². The molecule has 0 amide bonds. The molecule has 2 aromatic rings.